The van der Waals surface area contributed by atoms with E-state index in [1.54, 1.807) is 82.4 Å². The largest absolute Gasteiger partial charge is 0.456 e. The lowest BCUT2D eigenvalue weighted by Crippen LogP contribution is -2.41. The number of hydrogen-bond donors (Lipinski definition) is 1. The molecule has 4 aromatic rings. The summed E-state index contributed by atoms with van der Waals surface area (Å²) in [4.78, 5) is 41.6. The molecule has 4 rings (SSSR count). The predicted molar refractivity (Wildman–Crippen MR) is 156 cm³/mol. The molecule has 0 aliphatic carbocycles. The molecule has 0 saturated heterocycles. The van der Waals surface area contributed by atoms with Gasteiger partial charge in [0.1, 0.15) is 11.6 Å². The molecule has 10 nitrogen and oxygen atoms in total. The van der Waals surface area contributed by atoms with Gasteiger partial charge in [-0.25, -0.2) is 9.18 Å². The minimum absolute atomic E-state index is 0.0413. The number of tetrazole rings is 1. The second-order valence-corrected chi connectivity index (χ2v) is 10.6. The quantitative estimate of drug-likeness (QED) is 0.228. The number of nitrogens with zero attached hydrogens (tertiary/aromatic N) is 5. The Balaban J connectivity index is 1.56. The number of benzene rings is 3. The van der Waals surface area contributed by atoms with Gasteiger partial charge in [0.05, 0.1) is 16.3 Å². The summed E-state index contributed by atoms with van der Waals surface area (Å²) < 4.78 is 20.3. The molecule has 0 radical (unpaired) electrons. The van der Waals surface area contributed by atoms with Gasteiger partial charge in [0, 0.05) is 24.4 Å². The van der Waals surface area contributed by atoms with Gasteiger partial charge in [-0.05, 0) is 74.0 Å². The highest BCUT2D eigenvalue weighted by Crippen LogP contribution is 2.26. The van der Waals surface area contributed by atoms with Crippen molar-refractivity contribution in [3.05, 3.63) is 107 Å². The van der Waals surface area contributed by atoms with Gasteiger partial charge in [-0.3, -0.25) is 9.59 Å². The molecule has 0 unspecified atom stereocenters. The number of esters is 1. The van der Waals surface area contributed by atoms with Crippen molar-refractivity contribution in [1.82, 2.24) is 25.5 Å². The molecule has 42 heavy (non-hydrogen) atoms. The molecular weight excluding hydrogens is 563 g/mol. The van der Waals surface area contributed by atoms with Crippen LogP contribution in [0.15, 0.2) is 79.1 Å². The van der Waals surface area contributed by atoms with Gasteiger partial charge in [0.25, 0.3) is 5.91 Å². The Morgan fingerprint density at radius 2 is 1.74 bits per heavy atom. The molecule has 1 aromatic heterocycles. The van der Waals surface area contributed by atoms with Crippen LogP contribution in [0.5, 0.6) is 0 Å². The Bertz CT molecular complexity index is 1600. The lowest BCUT2D eigenvalue weighted by Gasteiger charge is -2.25. The first-order valence-electron chi connectivity index (χ1n) is 12.8. The maximum Gasteiger partial charge on any atom is 0.338 e. The standard InChI is InChI=1S/C30H28ClFN6O4/c1-30(2,3)42-29(41)20-10-12-21(13-11-20)37(4)28(40)27(19-8-6-5-7-9-19)35-25(39)17-14-22-24(38-34-18-33-36-38)16-15-23(31)26(22)32/h5-18,27H,1-4H3,(H,35,39)/b17-14+/t27-/m0/s1. The normalized spacial score (nSPS) is 12.1. The summed E-state index contributed by atoms with van der Waals surface area (Å²) in [5.74, 6) is -2.37. The number of carbonyl (C=O) groups excluding carboxylic acids is 3. The van der Waals surface area contributed by atoms with Crippen molar-refractivity contribution in [2.75, 3.05) is 11.9 Å². The SMILES string of the molecule is CN(C(=O)[C@@H](NC(=O)/C=C/c1c(-n2ncnn2)ccc(Cl)c1F)c1ccccc1)c1ccc(C(=O)OC(C)(C)C)cc1. The van der Waals surface area contributed by atoms with E-state index in [0.717, 1.165) is 10.9 Å². The van der Waals surface area contributed by atoms with Gasteiger partial charge in [0.15, 0.2) is 12.1 Å². The van der Waals surface area contributed by atoms with Gasteiger partial charge in [-0.1, -0.05) is 41.9 Å². The third-order valence-corrected chi connectivity index (χ3v) is 6.25. The zero-order chi connectivity index (χ0) is 30.4. The average molecular weight is 591 g/mol. The summed E-state index contributed by atoms with van der Waals surface area (Å²) >= 11 is 5.97. The molecule has 1 heterocycles. The van der Waals surface area contributed by atoms with Crippen LogP contribution in [-0.4, -0.2) is 50.6 Å². The first kappa shape index (κ1) is 30.1. The Morgan fingerprint density at radius 1 is 1.05 bits per heavy atom. The maximum absolute atomic E-state index is 14.9. The molecule has 3 aromatic carbocycles. The van der Waals surface area contributed by atoms with Crippen molar-refractivity contribution in [2.24, 2.45) is 0 Å². The van der Waals surface area contributed by atoms with Crippen LogP contribution in [0.2, 0.25) is 5.02 Å². The summed E-state index contributed by atoms with van der Waals surface area (Å²) in [5.41, 5.74) is 0.878. The fraction of sp³-hybridized carbons (Fsp3) is 0.200. The molecule has 0 aliphatic rings. The topological polar surface area (TPSA) is 119 Å². The van der Waals surface area contributed by atoms with Crippen molar-refractivity contribution >= 4 is 41.1 Å². The molecule has 2 amide bonds. The van der Waals surface area contributed by atoms with E-state index < -0.39 is 35.2 Å². The molecule has 1 N–H and O–H groups in total. The average Bonchev–Trinajstić information content (AvgIpc) is 3.50. The van der Waals surface area contributed by atoms with E-state index in [1.807, 2.05) is 0 Å². The smallest absolute Gasteiger partial charge is 0.338 e. The molecule has 0 aliphatic heterocycles. The Labute approximate surface area is 246 Å². The van der Waals surface area contributed by atoms with Crippen LogP contribution in [0, 0.1) is 5.82 Å². The molecule has 0 spiro atoms. The van der Waals surface area contributed by atoms with Crippen LogP contribution in [-0.2, 0) is 14.3 Å². The minimum Gasteiger partial charge on any atom is -0.456 e. The molecule has 0 saturated carbocycles. The number of aromatic nitrogens is 4. The van der Waals surface area contributed by atoms with Crippen LogP contribution in [0.1, 0.15) is 48.3 Å². The van der Waals surface area contributed by atoms with E-state index in [1.165, 1.54) is 29.4 Å². The van der Waals surface area contributed by atoms with E-state index >= 15 is 0 Å². The fourth-order valence-electron chi connectivity index (χ4n) is 3.93. The monoisotopic (exact) mass is 590 g/mol. The summed E-state index contributed by atoms with van der Waals surface area (Å²) in [6.07, 6.45) is 3.50. The first-order chi connectivity index (χ1) is 19.9. The number of amides is 2. The Kier molecular flexibility index (Phi) is 9.12. The second kappa shape index (κ2) is 12.7. The summed E-state index contributed by atoms with van der Waals surface area (Å²) in [7, 11) is 1.56. The van der Waals surface area contributed by atoms with E-state index in [0.29, 0.717) is 16.8 Å². The third kappa shape index (κ3) is 7.24. The van der Waals surface area contributed by atoms with Gasteiger partial charge in [-0.2, -0.15) is 0 Å². The van der Waals surface area contributed by atoms with Gasteiger partial charge < -0.3 is 15.0 Å². The highest BCUT2D eigenvalue weighted by Gasteiger charge is 2.27. The lowest BCUT2D eigenvalue weighted by molar-refractivity contribution is -0.125. The zero-order valence-electron chi connectivity index (χ0n) is 23.3. The van der Waals surface area contributed by atoms with Gasteiger partial charge in [0.2, 0.25) is 5.91 Å². The van der Waals surface area contributed by atoms with Crippen LogP contribution in [0.4, 0.5) is 10.1 Å². The molecule has 12 heteroatoms. The number of ether oxygens (including phenoxy) is 1. The number of carbonyl (C=O) groups is 3. The van der Waals surface area contributed by atoms with Crippen molar-refractivity contribution in [2.45, 2.75) is 32.4 Å². The van der Waals surface area contributed by atoms with E-state index in [9.17, 15) is 18.8 Å². The van der Waals surface area contributed by atoms with Crippen LogP contribution >= 0.6 is 11.6 Å². The molecule has 216 valence electrons. The molecule has 0 fully saturated rings. The first-order valence-corrected chi connectivity index (χ1v) is 13.2. The molecular formula is C30H28ClFN6O4. The summed E-state index contributed by atoms with van der Waals surface area (Å²) in [6, 6.07) is 16.8. The van der Waals surface area contributed by atoms with Gasteiger partial charge >= 0.3 is 5.97 Å². The van der Waals surface area contributed by atoms with E-state index in [-0.39, 0.29) is 16.3 Å². The highest BCUT2D eigenvalue weighted by molar-refractivity contribution is 6.31. The fourth-order valence-corrected chi connectivity index (χ4v) is 4.09. The number of anilines is 1. The molecule has 0 bridgehead atoms. The van der Waals surface area contributed by atoms with Crippen molar-refractivity contribution in [1.29, 1.82) is 0 Å². The summed E-state index contributed by atoms with van der Waals surface area (Å²) in [5, 5.41) is 13.8. The number of likely N-dealkylation sites (N-methyl/N-ethyl adjacent to an activating group) is 1. The third-order valence-electron chi connectivity index (χ3n) is 5.96. The van der Waals surface area contributed by atoms with Crippen molar-refractivity contribution < 1.29 is 23.5 Å². The number of hydrogen-bond acceptors (Lipinski definition) is 7. The van der Waals surface area contributed by atoms with Crippen LogP contribution < -0.4 is 10.2 Å². The number of nitrogens with one attached hydrogen (secondary N) is 1. The predicted octanol–water partition coefficient (Wildman–Crippen LogP) is 4.94. The number of rotatable bonds is 8. The minimum atomic E-state index is -1.08. The Morgan fingerprint density at radius 3 is 2.36 bits per heavy atom. The maximum atomic E-state index is 14.9. The van der Waals surface area contributed by atoms with E-state index in [4.69, 9.17) is 16.3 Å². The van der Waals surface area contributed by atoms with Crippen LogP contribution in [0.25, 0.3) is 11.8 Å². The highest BCUT2D eigenvalue weighted by atomic mass is 35.5. The van der Waals surface area contributed by atoms with Crippen molar-refractivity contribution in [3.8, 4) is 5.69 Å². The van der Waals surface area contributed by atoms with E-state index in [2.05, 4.69) is 20.7 Å². The Hall–Kier alpha value is -4.90. The summed E-state index contributed by atoms with van der Waals surface area (Å²) in [6.45, 7) is 5.33. The van der Waals surface area contributed by atoms with Crippen molar-refractivity contribution in [3.63, 3.8) is 0 Å². The van der Waals surface area contributed by atoms with Gasteiger partial charge in [-0.15, -0.1) is 15.0 Å². The molecule has 1 atom stereocenters. The number of halogens is 2. The van der Waals surface area contributed by atoms with Crippen LogP contribution in [0.3, 0.4) is 0 Å². The zero-order valence-corrected chi connectivity index (χ0v) is 24.0. The lowest BCUT2D eigenvalue weighted by atomic mass is 10.0. The second-order valence-electron chi connectivity index (χ2n) is 10.2.